The van der Waals surface area contributed by atoms with E-state index in [0.717, 1.165) is 0 Å². The van der Waals surface area contributed by atoms with Gasteiger partial charge in [-0.25, -0.2) is 4.39 Å². The van der Waals surface area contributed by atoms with Crippen LogP contribution >= 0.6 is 0 Å². The number of benzene rings is 1. The number of aromatic nitrogens is 1. The van der Waals surface area contributed by atoms with Gasteiger partial charge in [0.15, 0.2) is 11.6 Å². The van der Waals surface area contributed by atoms with Crippen LogP contribution in [0.25, 0.3) is 0 Å². The minimum Gasteiger partial charge on any atom is -0.494 e. The second kappa shape index (κ2) is 6.14. The molecule has 0 saturated heterocycles. The quantitative estimate of drug-likeness (QED) is 0.860. The summed E-state index contributed by atoms with van der Waals surface area (Å²) in [7, 11) is 3.06. The van der Waals surface area contributed by atoms with Crippen LogP contribution in [0.3, 0.4) is 0 Å². The van der Waals surface area contributed by atoms with Crippen LogP contribution in [-0.2, 0) is 6.54 Å². The minimum absolute atomic E-state index is 0.187. The summed E-state index contributed by atoms with van der Waals surface area (Å²) in [5.41, 5.74) is 1.05. The molecule has 1 aromatic carbocycles. The van der Waals surface area contributed by atoms with E-state index in [1.54, 1.807) is 43.6 Å². The van der Waals surface area contributed by atoms with E-state index in [-0.39, 0.29) is 11.7 Å². The molecule has 2 aromatic rings. The molecule has 0 saturated carbocycles. The normalized spacial score (nSPS) is 10.2. The third-order valence-electron chi connectivity index (χ3n) is 2.87. The van der Waals surface area contributed by atoms with E-state index >= 15 is 0 Å². The number of hydrogen-bond donors (Lipinski definition) is 0. The first-order chi connectivity index (χ1) is 9.61. The Morgan fingerprint density at radius 3 is 2.75 bits per heavy atom. The number of pyridine rings is 1. The molecule has 0 aliphatic heterocycles. The van der Waals surface area contributed by atoms with Crippen molar-refractivity contribution in [3.8, 4) is 5.75 Å². The van der Waals surface area contributed by atoms with Gasteiger partial charge in [-0.3, -0.25) is 9.78 Å². The highest BCUT2D eigenvalue weighted by atomic mass is 19.1. The summed E-state index contributed by atoms with van der Waals surface area (Å²) in [4.78, 5) is 17.6. The van der Waals surface area contributed by atoms with Crippen molar-refractivity contribution in [3.63, 3.8) is 0 Å². The fraction of sp³-hybridized carbons (Fsp3) is 0.200. The summed E-state index contributed by atoms with van der Waals surface area (Å²) in [6.45, 7) is 0.302. The predicted molar refractivity (Wildman–Crippen MR) is 73.0 cm³/mol. The second-order valence-electron chi connectivity index (χ2n) is 4.35. The number of ether oxygens (including phenoxy) is 1. The first kappa shape index (κ1) is 14.0. The van der Waals surface area contributed by atoms with Crippen molar-refractivity contribution in [1.29, 1.82) is 0 Å². The number of halogens is 1. The molecule has 0 aliphatic carbocycles. The number of methoxy groups -OCH3 is 1. The fourth-order valence-corrected chi connectivity index (χ4v) is 1.84. The fourth-order valence-electron chi connectivity index (χ4n) is 1.84. The van der Waals surface area contributed by atoms with Crippen LogP contribution in [0.15, 0.2) is 42.6 Å². The molecule has 1 heterocycles. The van der Waals surface area contributed by atoms with E-state index in [0.29, 0.717) is 17.8 Å². The smallest absolute Gasteiger partial charge is 0.272 e. The van der Waals surface area contributed by atoms with E-state index in [2.05, 4.69) is 4.98 Å². The molecule has 0 radical (unpaired) electrons. The average molecular weight is 274 g/mol. The molecule has 0 bridgehead atoms. The lowest BCUT2D eigenvalue weighted by molar-refractivity contribution is 0.0779. The number of carbonyl (C=O) groups is 1. The van der Waals surface area contributed by atoms with E-state index < -0.39 is 5.82 Å². The van der Waals surface area contributed by atoms with Crippen molar-refractivity contribution in [2.24, 2.45) is 0 Å². The Kier molecular flexibility index (Phi) is 4.30. The van der Waals surface area contributed by atoms with Crippen LogP contribution in [-0.4, -0.2) is 29.9 Å². The molecule has 4 nitrogen and oxygen atoms in total. The zero-order valence-electron chi connectivity index (χ0n) is 11.3. The lowest BCUT2D eigenvalue weighted by atomic mass is 10.2. The van der Waals surface area contributed by atoms with Gasteiger partial charge in [0.1, 0.15) is 5.69 Å². The molecular weight excluding hydrogens is 259 g/mol. The summed E-state index contributed by atoms with van der Waals surface area (Å²) >= 11 is 0. The molecule has 104 valence electrons. The van der Waals surface area contributed by atoms with Crippen molar-refractivity contribution < 1.29 is 13.9 Å². The summed E-state index contributed by atoms with van der Waals surface area (Å²) in [5, 5.41) is 0. The average Bonchev–Trinajstić information content (AvgIpc) is 2.47. The van der Waals surface area contributed by atoms with Gasteiger partial charge in [0.25, 0.3) is 5.91 Å². The van der Waals surface area contributed by atoms with Crippen molar-refractivity contribution in [2.75, 3.05) is 14.2 Å². The highest BCUT2D eigenvalue weighted by Crippen LogP contribution is 2.18. The van der Waals surface area contributed by atoms with Crippen LogP contribution in [0.4, 0.5) is 4.39 Å². The van der Waals surface area contributed by atoms with Crippen LogP contribution in [0.5, 0.6) is 5.75 Å². The zero-order chi connectivity index (χ0) is 14.5. The number of hydrogen-bond acceptors (Lipinski definition) is 3. The lowest BCUT2D eigenvalue weighted by Gasteiger charge is -2.17. The van der Waals surface area contributed by atoms with Crippen molar-refractivity contribution in [3.05, 3.63) is 59.7 Å². The first-order valence-corrected chi connectivity index (χ1v) is 6.10. The lowest BCUT2D eigenvalue weighted by Crippen LogP contribution is -2.26. The molecule has 1 aromatic heterocycles. The number of carbonyl (C=O) groups excluding carboxylic acids is 1. The maximum atomic E-state index is 13.6. The Balaban J connectivity index is 2.10. The minimum atomic E-state index is -0.441. The van der Waals surface area contributed by atoms with Crippen LogP contribution in [0.1, 0.15) is 16.1 Å². The molecule has 0 aliphatic rings. The molecule has 0 fully saturated rings. The summed E-state index contributed by atoms with van der Waals surface area (Å²) in [6.07, 6.45) is 1.56. The summed E-state index contributed by atoms with van der Waals surface area (Å²) < 4.78 is 18.4. The summed E-state index contributed by atoms with van der Waals surface area (Å²) in [6, 6.07) is 9.78. The molecule has 0 unspecified atom stereocenters. The maximum absolute atomic E-state index is 13.6. The number of amides is 1. The SMILES string of the molecule is COc1ccc(CN(C)C(=O)c2ccccn2)cc1F. The van der Waals surface area contributed by atoms with Gasteiger partial charge >= 0.3 is 0 Å². The van der Waals surface area contributed by atoms with Gasteiger partial charge in [-0.1, -0.05) is 12.1 Å². The monoisotopic (exact) mass is 274 g/mol. The Morgan fingerprint density at radius 1 is 1.35 bits per heavy atom. The third kappa shape index (κ3) is 3.12. The third-order valence-corrected chi connectivity index (χ3v) is 2.87. The van der Waals surface area contributed by atoms with Crippen molar-refractivity contribution in [2.45, 2.75) is 6.54 Å². The molecule has 2 rings (SSSR count). The van der Waals surface area contributed by atoms with E-state index in [4.69, 9.17) is 4.74 Å². The topological polar surface area (TPSA) is 42.4 Å². The van der Waals surface area contributed by atoms with E-state index in [1.807, 2.05) is 0 Å². The number of nitrogens with zero attached hydrogens (tertiary/aromatic N) is 2. The van der Waals surface area contributed by atoms with E-state index in [1.165, 1.54) is 18.1 Å². The number of rotatable bonds is 4. The largest absolute Gasteiger partial charge is 0.494 e. The van der Waals surface area contributed by atoms with Crippen LogP contribution in [0, 0.1) is 5.82 Å². The van der Waals surface area contributed by atoms with Crippen molar-refractivity contribution >= 4 is 5.91 Å². The molecule has 0 N–H and O–H groups in total. The molecular formula is C15H15FN2O2. The highest BCUT2D eigenvalue weighted by molar-refractivity contribution is 5.91. The molecule has 20 heavy (non-hydrogen) atoms. The van der Waals surface area contributed by atoms with Gasteiger partial charge in [-0.2, -0.15) is 0 Å². The Labute approximate surface area is 116 Å². The van der Waals surface area contributed by atoms with Gasteiger partial charge in [-0.05, 0) is 29.8 Å². The van der Waals surface area contributed by atoms with Gasteiger partial charge in [-0.15, -0.1) is 0 Å². The van der Waals surface area contributed by atoms with Gasteiger partial charge in [0.2, 0.25) is 0 Å². The van der Waals surface area contributed by atoms with Crippen LogP contribution in [0.2, 0.25) is 0 Å². The van der Waals surface area contributed by atoms with E-state index in [9.17, 15) is 9.18 Å². The Morgan fingerprint density at radius 2 is 2.15 bits per heavy atom. The standard InChI is InChI=1S/C15H15FN2O2/c1-18(15(19)13-5-3-4-8-17-13)10-11-6-7-14(20-2)12(16)9-11/h3-9H,10H2,1-2H3. The van der Waals surface area contributed by atoms with Crippen LogP contribution < -0.4 is 4.74 Å². The summed E-state index contributed by atoms with van der Waals surface area (Å²) in [5.74, 6) is -0.460. The first-order valence-electron chi connectivity index (χ1n) is 6.10. The van der Waals surface area contributed by atoms with Gasteiger partial charge in [0.05, 0.1) is 7.11 Å². The molecule has 0 atom stereocenters. The molecule has 5 heteroatoms. The predicted octanol–water partition coefficient (Wildman–Crippen LogP) is 2.50. The molecule has 0 spiro atoms. The van der Waals surface area contributed by atoms with Crippen molar-refractivity contribution in [1.82, 2.24) is 9.88 Å². The Bertz CT molecular complexity index is 602. The maximum Gasteiger partial charge on any atom is 0.272 e. The zero-order valence-corrected chi connectivity index (χ0v) is 11.3. The Hall–Kier alpha value is -2.43. The highest BCUT2D eigenvalue weighted by Gasteiger charge is 2.13. The second-order valence-corrected chi connectivity index (χ2v) is 4.35. The molecule has 1 amide bonds. The van der Waals surface area contributed by atoms with Gasteiger partial charge < -0.3 is 9.64 Å². The van der Waals surface area contributed by atoms with Gasteiger partial charge in [0, 0.05) is 19.8 Å².